The van der Waals surface area contributed by atoms with Gasteiger partial charge in [0.05, 0.1) is 5.92 Å². The molecular weight excluding hydrogens is 340 g/mol. The molecule has 114 valence electrons. The molecule has 0 aromatic carbocycles. The number of aromatic nitrogens is 1. The maximum Gasteiger partial charge on any atom is 0.308 e. The summed E-state index contributed by atoms with van der Waals surface area (Å²) < 4.78 is 2.03. The molecule has 1 aliphatic rings. The highest BCUT2D eigenvalue weighted by atomic mass is 79.9. The Morgan fingerprint density at radius 1 is 1.38 bits per heavy atom. The number of pyridine rings is 1. The topological polar surface area (TPSA) is 79.6 Å². The van der Waals surface area contributed by atoms with E-state index in [4.69, 9.17) is 5.11 Å². The summed E-state index contributed by atoms with van der Waals surface area (Å²) in [6, 6.07) is 3.00. The second kappa shape index (κ2) is 6.43. The fourth-order valence-corrected chi connectivity index (χ4v) is 2.98. The average Bonchev–Trinajstić information content (AvgIpc) is 2.42. The number of nitrogens with zero attached hydrogens (tertiary/aromatic N) is 2. The number of hydrogen-bond donors (Lipinski definition) is 1. The molecule has 21 heavy (non-hydrogen) atoms. The van der Waals surface area contributed by atoms with E-state index < -0.39 is 11.9 Å². The summed E-state index contributed by atoms with van der Waals surface area (Å²) in [5, 5.41) is 9.13. The maximum absolute atomic E-state index is 12.3. The van der Waals surface area contributed by atoms with Crippen molar-refractivity contribution in [2.75, 3.05) is 13.1 Å². The number of carbonyl (C=O) groups is 2. The normalized spacial score (nSPS) is 22.1. The van der Waals surface area contributed by atoms with Gasteiger partial charge >= 0.3 is 5.97 Å². The lowest BCUT2D eigenvalue weighted by Gasteiger charge is -2.34. The Labute approximate surface area is 130 Å². The van der Waals surface area contributed by atoms with Crippen molar-refractivity contribution in [3.05, 3.63) is 33.2 Å². The van der Waals surface area contributed by atoms with Gasteiger partial charge in [-0.05, 0) is 34.3 Å². The van der Waals surface area contributed by atoms with Crippen LogP contribution in [0.1, 0.15) is 13.3 Å². The predicted molar refractivity (Wildman–Crippen MR) is 79.9 cm³/mol. The summed E-state index contributed by atoms with van der Waals surface area (Å²) in [4.78, 5) is 36.7. The number of carboxylic acids is 1. The molecule has 2 unspecified atom stereocenters. The molecule has 2 heterocycles. The van der Waals surface area contributed by atoms with Crippen molar-refractivity contribution in [1.82, 2.24) is 9.47 Å². The smallest absolute Gasteiger partial charge is 0.308 e. The number of rotatable bonds is 3. The largest absolute Gasteiger partial charge is 0.481 e. The Kier molecular flexibility index (Phi) is 4.82. The van der Waals surface area contributed by atoms with Gasteiger partial charge in [-0.15, -0.1) is 0 Å². The third-order valence-corrected chi connectivity index (χ3v) is 4.08. The molecule has 6 nitrogen and oxygen atoms in total. The van der Waals surface area contributed by atoms with E-state index in [1.165, 1.54) is 10.6 Å². The number of likely N-dealkylation sites (tertiary alicyclic amines) is 1. The average molecular weight is 357 g/mol. The number of halogens is 1. The summed E-state index contributed by atoms with van der Waals surface area (Å²) in [5.74, 6) is -1.49. The fraction of sp³-hybridized carbons (Fsp3) is 0.500. The van der Waals surface area contributed by atoms with Crippen LogP contribution in [0.5, 0.6) is 0 Å². The molecule has 2 rings (SSSR count). The van der Waals surface area contributed by atoms with Crippen molar-refractivity contribution in [3.8, 4) is 0 Å². The first kappa shape index (κ1) is 15.8. The van der Waals surface area contributed by atoms with Gasteiger partial charge in [0.25, 0.3) is 5.56 Å². The third-order valence-electron chi connectivity index (χ3n) is 3.61. The van der Waals surface area contributed by atoms with E-state index >= 15 is 0 Å². The van der Waals surface area contributed by atoms with Crippen LogP contribution in [0.2, 0.25) is 0 Å². The van der Waals surface area contributed by atoms with E-state index in [9.17, 15) is 14.4 Å². The predicted octanol–water partition coefficient (Wildman–Crippen LogP) is 1.18. The van der Waals surface area contributed by atoms with E-state index in [2.05, 4.69) is 15.9 Å². The van der Waals surface area contributed by atoms with Crippen LogP contribution in [0, 0.1) is 11.8 Å². The van der Waals surface area contributed by atoms with Gasteiger partial charge in [0.2, 0.25) is 5.91 Å². The third kappa shape index (κ3) is 3.93. The summed E-state index contributed by atoms with van der Waals surface area (Å²) in [6.07, 6.45) is 2.14. The summed E-state index contributed by atoms with van der Waals surface area (Å²) in [6.45, 7) is 2.60. The maximum atomic E-state index is 12.3. The Bertz CT molecular complexity index is 613. The molecule has 0 saturated carbocycles. The number of hydrogen-bond acceptors (Lipinski definition) is 3. The van der Waals surface area contributed by atoms with Gasteiger partial charge in [-0.2, -0.15) is 0 Å². The second-order valence-corrected chi connectivity index (χ2v) is 6.40. The van der Waals surface area contributed by atoms with Crippen molar-refractivity contribution in [2.24, 2.45) is 11.8 Å². The molecule has 0 radical (unpaired) electrons. The van der Waals surface area contributed by atoms with Crippen LogP contribution in [-0.2, 0) is 16.1 Å². The number of piperidine rings is 1. The van der Waals surface area contributed by atoms with Crippen LogP contribution in [0.15, 0.2) is 27.6 Å². The van der Waals surface area contributed by atoms with E-state index in [-0.39, 0.29) is 30.5 Å². The quantitative estimate of drug-likeness (QED) is 0.881. The van der Waals surface area contributed by atoms with Crippen molar-refractivity contribution in [1.29, 1.82) is 0 Å². The monoisotopic (exact) mass is 356 g/mol. The zero-order chi connectivity index (χ0) is 15.6. The van der Waals surface area contributed by atoms with E-state index in [0.29, 0.717) is 17.4 Å². The van der Waals surface area contributed by atoms with Crippen molar-refractivity contribution in [2.45, 2.75) is 19.9 Å². The highest BCUT2D eigenvalue weighted by molar-refractivity contribution is 9.10. The fourth-order valence-electron chi connectivity index (χ4n) is 2.61. The molecule has 7 heteroatoms. The van der Waals surface area contributed by atoms with E-state index in [1.807, 2.05) is 6.92 Å². The molecule has 0 aliphatic carbocycles. The Morgan fingerprint density at radius 3 is 2.76 bits per heavy atom. The highest BCUT2D eigenvalue weighted by Crippen LogP contribution is 2.22. The molecule has 1 N–H and O–H groups in total. The van der Waals surface area contributed by atoms with Crippen LogP contribution < -0.4 is 5.56 Å². The molecular formula is C14H17BrN2O4. The first-order valence-corrected chi connectivity index (χ1v) is 7.52. The summed E-state index contributed by atoms with van der Waals surface area (Å²) in [7, 11) is 0. The minimum Gasteiger partial charge on any atom is -0.481 e. The lowest BCUT2D eigenvalue weighted by atomic mass is 9.90. The van der Waals surface area contributed by atoms with Crippen molar-refractivity contribution < 1.29 is 14.7 Å². The molecule has 1 amide bonds. The van der Waals surface area contributed by atoms with Gasteiger partial charge < -0.3 is 14.6 Å². The van der Waals surface area contributed by atoms with Gasteiger partial charge in [0.15, 0.2) is 0 Å². The Morgan fingerprint density at radius 2 is 2.10 bits per heavy atom. The second-order valence-electron chi connectivity index (χ2n) is 5.49. The molecule has 0 bridgehead atoms. The van der Waals surface area contributed by atoms with Crippen LogP contribution >= 0.6 is 15.9 Å². The van der Waals surface area contributed by atoms with Gasteiger partial charge in [-0.25, -0.2) is 0 Å². The van der Waals surface area contributed by atoms with Gasteiger partial charge in [-0.3, -0.25) is 14.4 Å². The lowest BCUT2D eigenvalue weighted by Crippen LogP contribution is -2.47. The van der Waals surface area contributed by atoms with Gasteiger partial charge in [0.1, 0.15) is 6.54 Å². The van der Waals surface area contributed by atoms with Crippen LogP contribution in [-0.4, -0.2) is 39.5 Å². The Balaban J connectivity index is 2.10. The molecule has 2 atom stereocenters. The molecule has 1 fully saturated rings. The zero-order valence-electron chi connectivity index (χ0n) is 11.7. The molecule has 1 aromatic heterocycles. The van der Waals surface area contributed by atoms with Gasteiger partial charge in [-0.1, -0.05) is 6.92 Å². The van der Waals surface area contributed by atoms with Crippen LogP contribution in [0.3, 0.4) is 0 Å². The molecule has 0 spiro atoms. The summed E-state index contributed by atoms with van der Waals surface area (Å²) >= 11 is 3.26. The van der Waals surface area contributed by atoms with Crippen LogP contribution in [0.4, 0.5) is 0 Å². The minimum absolute atomic E-state index is 0.0721. The van der Waals surface area contributed by atoms with Crippen molar-refractivity contribution in [3.63, 3.8) is 0 Å². The highest BCUT2D eigenvalue weighted by Gasteiger charge is 2.31. The van der Waals surface area contributed by atoms with E-state index in [1.54, 1.807) is 17.2 Å². The van der Waals surface area contributed by atoms with Gasteiger partial charge in [0, 0.05) is 29.8 Å². The first-order chi connectivity index (χ1) is 9.86. The molecule has 1 aromatic rings. The standard InChI is InChI=1S/C14H17BrN2O4/c1-9-4-10(14(20)21)6-16(5-9)13(19)8-17-7-11(15)2-3-12(17)18/h2-3,7,9-10H,4-6,8H2,1H3,(H,20,21). The van der Waals surface area contributed by atoms with Crippen LogP contribution in [0.25, 0.3) is 0 Å². The molecule has 1 aliphatic heterocycles. The zero-order valence-corrected chi connectivity index (χ0v) is 13.2. The molecule has 1 saturated heterocycles. The summed E-state index contributed by atoms with van der Waals surface area (Å²) in [5.41, 5.74) is -0.258. The SMILES string of the molecule is CC1CC(C(=O)O)CN(C(=O)Cn2cc(Br)ccc2=O)C1. The number of carboxylic acid groups (broad SMARTS) is 1. The first-order valence-electron chi connectivity index (χ1n) is 6.73. The number of amides is 1. The minimum atomic E-state index is -0.876. The van der Waals surface area contributed by atoms with Crippen molar-refractivity contribution >= 4 is 27.8 Å². The number of aliphatic carboxylic acids is 1. The Hall–Kier alpha value is -1.63. The lowest BCUT2D eigenvalue weighted by molar-refractivity contribution is -0.147. The van der Waals surface area contributed by atoms with E-state index in [0.717, 1.165) is 0 Å². The number of carbonyl (C=O) groups excluding carboxylic acids is 1.